The molecule has 0 aliphatic rings. The van der Waals surface area contributed by atoms with Crippen molar-refractivity contribution in [3.63, 3.8) is 0 Å². The van der Waals surface area contributed by atoms with Crippen molar-refractivity contribution in [1.82, 2.24) is 0 Å². The van der Waals surface area contributed by atoms with Gasteiger partial charge in [0.15, 0.2) is 1.41 Å². The molecule has 0 aliphatic heterocycles. The second kappa shape index (κ2) is 1.86. The second-order valence-corrected chi connectivity index (χ2v) is 1.87. The lowest BCUT2D eigenvalue weighted by Gasteiger charge is -1.91. The minimum atomic E-state index is 0.843. The zero-order chi connectivity index (χ0) is 6.69. The third kappa shape index (κ3) is 0.997. The van der Waals surface area contributed by atoms with E-state index in [-0.39, 0.29) is 0 Å². The topological polar surface area (TPSA) is 26.0 Å². The predicted molar refractivity (Wildman–Crippen MR) is 35.6 cm³/mol. The second-order valence-electron chi connectivity index (χ2n) is 1.87. The van der Waals surface area contributed by atoms with Crippen molar-refractivity contribution in [1.29, 1.82) is 0 Å². The van der Waals surface area contributed by atoms with Gasteiger partial charge in [-0.25, -0.2) is 0 Å². The third-order valence-corrected chi connectivity index (χ3v) is 1.02. The molecule has 42 valence electrons. The van der Waals surface area contributed by atoms with Crippen LogP contribution in [0.25, 0.3) is 0 Å². The molecule has 0 aliphatic carbocycles. The molecule has 1 aromatic rings. The van der Waals surface area contributed by atoms with Crippen LogP contribution >= 0.6 is 0 Å². The van der Waals surface area contributed by atoms with Crippen molar-refractivity contribution in [2.45, 2.75) is 6.92 Å². The molecule has 0 amide bonds. The maximum atomic E-state index is 6.79. The van der Waals surface area contributed by atoms with Gasteiger partial charge < -0.3 is 5.73 Å². The molecule has 2 N–H and O–H groups in total. The molecule has 0 bridgehead atoms. The van der Waals surface area contributed by atoms with E-state index in [1.54, 1.807) is 0 Å². The normalized spacial score (nSPS) is 10.4. The number of hydrogen-bond acceptors (Lipinski definition) is 1. The Morgan fingerprint density at radius 3 is 3.00 bits per heavy atom. The number of rotatable bonds is 1. The molecular formula is C7H9N. The molecule has 0 atom stereocenters. The van der Waals surface area contributed by atoms with Crippen LogP contribution in [-0.2, 0) is 0 Å². The van der Waals surface area contributed by atoms with Gasteiger partial charge >= 0.3 is 0 Å². The molecule has 0 aromatic heterocycles. The van der Waals surface area contributed by atoms with Gasteiger partial charge in [0.1, 0.15) is 0 Å². The van der Waals surface area contributed by atoms with Crippen LogP contribution in [0, 0.1) is 6.92 Å². The van der Waals surface area contributed by atoms with E-state index < -0.39 is 0 Å². The van der Waals surface area contributed by atoms with E-state index in [0.29, 0.717) is 0 Å². The van der Waals surface area contributed by atoms with Gasteiger partial charge in [0, 0.05) is 5.69 Å². The molecule has 0 saturated carbocycles. The van der Waals surface area contributed by atoms with Crippen molar-refractivity contribution in [3.05, 3.63) is 29.8 Å². The quantitative estimate of drug-likeness (QED) is 0.543. The van der Waals surface area contributed by atoms with E-state index >= 15 is 0 Å². The largest absolute Gasteiger partial charge is 0.399 e. The van der Waals surface area contributed by atoms with Gasteiger partial charge in [-0.2, -0.15) is 0 Å². The summed E-state index contributed by atoms with van der Waals surface area (Å²) in [5, 5.41) is 0. The first kappa shape index (κ1) is 3.96. The minimum absolute atomic E-state index is 0.843. The van der Waals surface area contributed by atoms with Crippen molar-refractivity contribution in [2.24, 2.45) is 0 Å². The lowest BCUT2D eigenvalue weighted by molar-refractivity contribution is 1.47. The Morgan fingerprint density at radius 1 is 1.62 bits per heavy atom. The Kier molecular flexibility index (Phi) is 0.922. The summed E-state index contributed by atoms with van der Waals surface area (Å²) in [5.41, 5.74) is 4.33. The Hall–Kier alpha value is -0.980. The summed E-state index contributed by atoms with van der Waals surface area (Å²) < 4.78 is 6.79. The van der Waals surface area contributed by atoms with Gasteiger partial charge in [-0.3, -0.25) is 0 Å². The van der Waals surface area contributed by atoms with Crippen LogP contribution in [-0.4, -0.2) is 0 Å². The molecule has 0 radical (unpaired) electrons. The van der Waals surface area contributed by atoms with Crippen molar-refractivity contribution in [2.75, 3.05) is 5.73 Å². The van der Waals surface area contributed by atoms with E-state index in [4.69, 9.17) is 1.41 Å². The monoisotopic (exact) mass is 108 g/mol. The van der Waals surface area contributed by atoms with E-state index in [9.17, 15) is 0 Å². The maximum absolute atomic E-state index is 6.79. The Morgan fingerprint density at radius 2 is 2.50 bits per heavy atom. The van der Waals surface area contributed by atoms with Crippen molar-refractivity contribution in [3.8, 4) is 0 Å². The summed E-state index contributed by atoms with van der Waals surface area (Å²) in [4.78, 5) is 0. The van der Waals surface area contributed by atoms with E-state index in [2.05, 4.69) is 5.73 Å². The van der Waals surface area contributed by atoms with Gasteiger partial charge in [-0.05, 0) is 24.6 Å². The summed E-state index contributed by atoms with van der Waals surface area (Å²) in [6, 6.07) is 7.71. The average molecular weight is 108 g/mol. The molecule has 8 heavy (non-hydrogen) atoms. The van der Waals surface area contributed by atoms with Crippen molar-refractivity contribution >= 4 is 5.69 Å². The van der Waals surface area contributed by atoms with E-state index in [1.165, 1.54) is 5.56 Å². The van der Waals surface area contributed by atoms with Crippen molar-refractivity contribution < 1.29 is 1.41 Å². The number of anilines is 1. The van der Waals surface area contributed by atoms with Gasteiger partial charge in [-0.1, -0.05) is 12.1 Å². The Labute approximate surface area is 50.6 Å². The maximum Gasteiger partial charge on any atom is 0.156 e. The van der Waals surface area contributed by atoms with E-state index in [0.717, 1.165) is 5.69 Å². The standard InChI is InChI=1S/C7H9N/c1-6-3-2-4-7(8)5-6/h2-5H,8H2,1H3/i/hD. The fraction of sp³-hybridized carbons (Fsp3) is 0.143. The first-order chi connectivity index (χ1) is 4.33. The van der Waals surface area contributed by atoms with Crippen LogP contribution in [0.1, 0.15) is 5.56 Å². The van der Waals surface area contributed by atoms with Gasteiger partial charge in [0.05, 0.1) is 0 Å². The molecule has 1 heteroatoms. The highest BCUT2D eigenvalue weighted by molar-refractivity contribution is 5.39. The first-order valence-corrected chi connectivity index (χ1v) is 2.57. The van der Waals surface area contributed by atoms with Crippen LogP contribution in [0.4, 0.5) is 5.69 Å². The average Bonchev–Trinajstić information content (AvgIpc) is 1.88. The molecule has 1 nitrogen and oxygen atoms in total. The summed E-state index contributed by atoms with van der Waals surface area (Å²) in [6.45, 7) is 2.00. The number of nitrogens with two attached hydrogens (primary N) is 1. The summed E-state index contributed by atoms with van der Waals surface area (Å²) in [5.74, 6) is 0. The molecule has 1 rings (SSSR count). The van der Waals surface area contributed by atoms with Crippen LogP contribution in [0.5, 0.6) is 0 Å². The van der Waals surface area contributed by atoms with Gasteiger partial charge in [0.25, 0.3) is 0 Å². The van der Waals surface area contributed by atoms with Gasteiger partial charge in [-0.15, -0.1) is 0 Å². The Balaban J connectivity index is 2.94. The molecule has 0 saturated heterocycles. The zero-order valence-corrected chi connectivity index (χ0v) is 4.81. The highest BCUT2D eigenvalue weighted by Gasteiger charge is 1.81. The number of benzene rings is 1. The highest BCUT2D eigenvalue weighted by atomic mass is 14.5. The predicted octanol–water partition coefficient (Wildman–Crippen LogP) is 1.58. The minimum Gasteiger partial charge on any atom is -0.399 e. The lowest BCUT2D eigenvalue weighted by atomic mass is 10.2. The third-order valence-electron chi connectivity index (χ3n) is 1.02. The fourth-order valence-corrected chi connectivity index (χ4v) is 0.645. The Bertz CT molecular complexity index is 198. The molecular weight excluding hydrogens is 98.1 g/mol. The van der Waals surface area contributed by atoms with E-state index in [1.807, 2.05) is 31.2 Å². The lowest BCUT2D eigenvalue weighted by Crippen LogP contribution is -1.82. The molecule has 0 fully saturated rings. The fourth-order valence-electron chi connectivity index (χ4n) is 0.645. The smallest absolute Gasteiger partial charge is 0.156 e. The summed E-state index contributed by atoms with van der Waals surface area (Å²) in [6.07, 6.45) is 0. The van der Waals surface area contributed by atoms with Crippen LogP contribution in [0.2, 0.25) is 1.41 Å². The number of nitrogen functional groups attached to an aromatic ring is 1. The number of aryl methyl sites for hydroxylation is 1. The van der Waals surface area contributed by atoms with Crippen LogP contribution < -0.4 is 5.73 Å². The van der Waals surface area contributed by atoms with Crippen LogP contribution in [0.15, 0.2) is 24.3 Å². The van der Waals surface area contributed by atoms with Gasteiger partial charge in [0.2, 0.25) is 0 Å². The van der Waals surface area contributed by atoms with Crippen LogP contribution in [0.3, 0.4) is 0 Å². The zero-order valence-electron chi connectivity index (χ0n) is 5.81. The molecule has 0 spiro atoms. The SMILES string of the molecule is [2H]Nc1cccc(C)c1. The summed E-state index contributed by atoms with van der Waals surface area (Å²) in [7, 11) is 0. The first-order valence-electron chi connectivity index (χ1n) is 3.07. The highest BCUT2D eigenvalue weighted by Crippen LogP contribution is 2.03. The number of hydrogen-bond donors (Lipinski definition) is 1. The summed E-state index contributed by atoms with van der Waals surface area (Å²) >= 11 is 0. The molecule has 1 aromatic carbocycles. The molecule has 0 heterocycles. The molecule has 0 unspecified atom stereocenters.